The van der Waals surface area contributed by atoms with Gasteiger partial charge in [0.1, 0.15) is 0 Å². The summed E-state index contributed by atoms with van der Waals surface area (Å²) in [6, 6.07) is 0.635. The number of hydrogen-bond acceptors (Lipinski definition) is 3. The highest BCUT2D eigenvalue weighted by Crippen LogP contribution is 2.02. The summed E-state index contributed by atoms with van der Waals surface area (Å²) in [4.78, 5) is 0. The number of unbranched alkanes of at least 4 members (excludes halogenated alkanes) is 1. The highest BCUT2D eigenvalue weighted by molar-refractivity contribution is 4.60. The summed E-state index contributed by atoms with van der Waals surface area (Å²) in [5, 5.41) is 3.50. The summed E-state index contributed by atoms with van der Waals surface area (Å²) < 4.78 is 11.0. The Hall–Kier alpha value is -0.120. The van der Waals surface area contributed by atoms with Crippen LogP contribution in [0, 0.1) is 0 Å². The third-order valence-electron chi connectivity index (χ3n) is 2.73. The molecular formula is C14H31NO2. The molecule has 0 saturated carbocycles. The molecule has 0 amide bonds. The number of rotatable bonds is 12. The molecule has 0 aliphatic heterocycles. The Balaban J connectivity index is 3.22. The van der Waals surface area contributed by atoms with Gasteiger partial charge in [0.05, 0.1) is 12.7 Å². The molecule has 0 spiro atoms. The van der Waals surface area contributed by atoms with E-state index in [4.69, 9.17) is 9.47 Å². The Morgan fingerprint density at radius 2 is 1.88 bits per heavy atom. The Labute approximate surface area is 107 Å². The van der Waals surface area contributed by atoms with Crippen molar-refractivity contribution in [2.45, 2.75) is 65.5 Å². The minimum atomic E-state index is 0.227. The zero-order chi connectivity index (χ0) is 12.9. The van der Waals surface area contributed by atoms with Crippen LogP contribution in [0.3, 0.4) is 0 Å². The Kier molecular flexibility index (Phi) is 12.3. The third-order valence-corrected chi connectivity index (χ3v) is 2.73. The summed E-state index contributed by atoms with van der Waals surface area (Å²) >= 11 is 0. The zero-order valence-electron chi connectivity index (χ0n) is 12.1. The van der Waals surface area contributed by atoms with E-state index in [-0.39, 0.29) is 6.10 Å². The molecule has 0 aromatic carbocycles. The van der Waals surface area contributed by atoms with Gasteiger partial charge < -0.3 is 14.8 Å². The summed E-state index contributed by atoms with van der Waals surface area (Å²) in [6.07, 6.45) is 5.06. The summed E-state index contributed by atoms with van der Waals surface area (Å²) in [5.74, 6) is 0. The summed E-state index contributed by atoms with van der Waals surface area (Å²) in [5.41, 5.74) is 0. The Bertz CT molecular complexity index is 137. The van der Waals surface area contributed by atoms with E-state index >= 15 is 0 Å². The predicted molar refractivity (Wildman–Crippen MR) is 73.5 cm³/mol. The molecule has 2 atom stereocenters. The first-order valence-electron chi connectivity index (χ1n) is 7.13. The van der Waals surface area contributed by atoms with Crippen molar-refractivity contribution in [2.75, 3.05) is 26.4 Å². The van der Waals surface area contributed by atoms with Crippen molar-refractivity contribution in [3.63, 3.8) is 0 Å². The van der Waals surface area contributed by atoms with Crippen LogP contribution in [-0.2, 0) is 9.47 Å². The van der Waals surface area contributed by atoms with Crippen molar-refractivity contribution >= 4 is 0 Å². The molecule has 104 valence electrons. The first-order valence-corrected chi connectivity index (χ1v) is 7.13. The normalized spacial score (nSPS) is 14.8. The molecule has 0 aromatic rings. The number of hydrogen-bond donors (Lipinski definition) is 1. The molecule has 3 heteroatoms. The van der Waals surface area contributed by atoms with Crippen LogP contribution in [-0.4, -0.2) is 38.5 Å². The van der Waals surface area contributed by atoms with E-state index in [1.54, 1.807) is 0 Å². The molecule has 0 rings (SSSR count). The van der Waals surface area contributed by atoms with E-state index in [1.165, 1.54) is 19.3 Å². The van der Waals surface area contributed by atoms with Gasteiger partial charge in [0.2, 0.25) is 0 Å². The van der Waals surface area contributed by atoms with E-state index in [1.807, 2.05) is 6.92 Å². The first-order chi connectivity index (χ1) is 8.20. The second-order valence-electron chi connectivity index (χ2n) is 4.69. The summed E-state index contributed by atoms with van der Waals surface area (Å²) in [6.45, 7) is 12.0. The van der Waals surface area contributed by atoms with Gasteiger partial charge >= 0.3 is 0 Å². The lowest BCUT2D eigenvalue weighted by atomic mass is 10.1. The molecule has 0 aliphatic rings. The van der Waals surface area contributed by atoms with Gasteiger partial charge in [-0.1, -0.05) is 6.92 Å². The van der Waals surface area contributed by atoms with Crippen molar-refractivity contribution in [2.24, 2.45) is 0 Å². The van der Waals surface area contributed by atoms with E-state index in [0.29, 0.717) is 12.6 Å². The quantitative estimate of drug-likeness (QED) is 0.536. The molecule has 0 saturated heterocycles. The monoisotopic (exact) mass is 245 g/mol. The lowest BCUT2D eigenvalue weighted by molar-refractivity contribution is -0.00466. The molecular weight excluding hydrogens is 214 g/mol. The van der Waals surface area contributed by atoms with Gasteiger partial charge in [-0.05, 0) is 53.0 Å². The maximum absolute atomic E-state index is 5.66. The topological polar surface area (TPSA) is 30.5 Å². The largest absolute Gasteiger partial charge is 0.379 e. The van der Waals surface area contributed by atoms with E-state index in [9.17, 15) is 0 Å². The molecule has 0 heterocycles. The van der Waals surface area contributed by atoms with Crippen LogP contribution in [0.25, 0.3) is 0 Å². The van der Waals surface area contributed by atoms with E-state index in [0.717, 1.165) is 26.2 Å². The lowest BCUT2D eigenvalue weighted by Crippen LogP contribution is -2.26. The van der Waals surface area contributed by atoms with E-state index in [2.05, 4.69) is 26.1 Å². The Morgan fingerprint density at radius 1 is 1.12 bits per heavy atom. The second kappa shape index (κ2) is 12.3. The molecule has 0 radical (unpaired) electrons. The summed E-state index contributed by atoms with van der Waals surface area (Å²) in [7, 11) is 0. The van der Waals surface area contributed by atoms with Crippen LogP contribution in [0.2, 0.25) is 0 Å². The molecule has 3 nitrogen and oxygen atoms in total. The molecule has 0 aromatic heterocycles. The van der Waals surface area contributed by atoms with Crippen molar-refractivity contribution in [1.82, 2.24) is 5.32 Å². The van der Waals surface area contributed by atoms with Crippen LogP contribution in [0.15, 0.2) is 0 Å². The van der Waals surface area contributed by atoms with Gasteiger partial charge in [-0.2, -0.15) is 0 Å². The highest BCUT2D eigenvalue weighted by atomic mass is 16.5. The van der Waals surface area contributed by atoms with Gasteiger partial charge in [-0.25, -0.2) is 0 Å². The fourth-order valence-electron chi connectivity index (χ4n) is 1.66. The standard InChI is InChI=1S/C14H31NO2/c1-5-10-15-13(3)9-7-8-11-17-14(4)12-16-6-2/h13-15H,5-12H2,1-4H3. The van der Waals surface area contributed by atoms with Crippen molar-refractivity contribution in [3.05, 3.63) is 0 Å². The number of nitrogens with one attached hydrogen (secondary N) is 1. The van der Waals surface area contributed by atoms with Crippen molar-refractivity contribution in [1.29, 1.82) is 0 Å². The Morgan fingerprint density at radius 3 is 2.53 bits per heavy atom. The van der Waals surface area contributed by atoms with E-state index < -0.39 is 0 Å². The first kappa shape index (κ1) is 16.9. The van der Waals surface area contributed by atoms with Crippen LogP contribution in [0.5, 0.6) is 0 Å². The molecule has 0 bridgehead atoms. The minimum absolute atomic E-state index is 0.227. The highest BCUT2D eigenvalue weighted by Gasteiger charge is 2.02. The lowest BCUT2D eigenvalue weighted by Gasteiger charge is -2.14. The van der Waals surface area contributed by atoms with Gasteiger partial charge in [0.15, 0.2) is 0 Å². The maximum Gasteiger partial charge on any atom is 0.0780 e. The van der Waals surface area contributed by atoms with Crippen LogP contribution >= 0.6 is 0 Å². The van der Waals surface area contributed by atoms with Crippen LogP contribution < -0.4 is 5.32 Å². The smallest absolute Gasteiger partial charge is 0.0780 e. The van der Waals surface area contributed by atoms with Crippen molar-refractivity contribution < 1.29 is 9.47 Å². The number of ether oxygens (including phenoxy) is 2. The predicted octanol–water partition coefficient (Wildman–Crippen LogP) is 2.99. The van der Waals surface area contributed by atoms with Gasteiger partial charge in [0, 0.05) is 19.3 Å². The third kappa shape index (κ3) is 12.1. The van der Waals surface area contributed by atoms with Gasteiger partial charge in [0.25, 0.3) is 0 Å². The molecule has 0 fully saturated rings. The second-order valence-corrected chi connectivity index (χ2v) is 4.69. The molecule has 0 aliphatic carbocycles. The van der Waals surface area contributed by atoms with Gasteiger partial charge in [-0.15, -0.1) is 0 Å². The molecule has 2 unspecified atom stereocenters. The molecule has 1 N–H and O–H groups in total. The van der Waals surface area contributed by atoms with Crippen LogP contribution in [0.4, 0.5) is 0 Å². The molecule has 17 heavy (non-hydrogen) atoms. The SMILES string of the molecule is CCCNC(C)CCCCOC(C)COCC. The zero-order valence-corrected chi connectivity index (χ0v) is 12.1. The van der Waals surface area contributed by atoms with Gasteiger partial charge in [-0.3, -0.25) is 0 Å². The fourth-order valence-corrected chi connectivity index (χ4v) is 1.66. The fraction of sp³-hybridized carbons (Fsp3) is 1.00. The maximum atomic E-state index is 5.66. The average Bonchev–Trinajstić information content (AvgIpc) is 2.33. The van der Waals surface area contributed by atoms with Crippen molar-refractivity contribution in [3.8, 4) is 0 Å². The average molecular weight is 245 g/mol. The minimum Gasteiger partial charge on any atom is -0.379 e. The van der Waals surface area contributed by atoms with Crippen LogP contribution in [0.1, 0.15) is 53.4 Å².